The number of carboxylic acid groups (broad SMARTS) is 1. The van der Waals surface area contributed by atoms with Gasteiger partial charge in [-0.25, -0.2) is 9.89 Å². The van der Waals surface area contributed by atoms with Crippen LogP contribution in [0.4, 0.5) is 0 Å². The summed E-state index contributed by atoms with van der Waals surface area (Å²) in [6.45, 7) is 7.21. The number of aromatic nitrogens is 3. The number of hydrogen-bond acceptors (Lipinski definition) is 5. The van der Waals surface area contributed by atoms with Crippen molar-refractivity contribution in [3.63, 3.8) is 0 Å². The SMILES string of the molecule is CCN(CC)CCn1c(SCC(=O)O)n[nH]c1=O. The van der Waals surface area contributed by atoms with Gasteiger partial charge in [0.15, 0.2) is 5.16 Å². The molecule has 7 nitrogen and oxygen atoms in total. The first-order valence-corrected chi connectivity index (χ1v) is 6.79. The Hall–Kier alpha value is -1.28. The molecule has 0 amide bonds. The summed E-state index contributed by atoms with van der Waals surface area (Å²) in [6.07, 6.45) is 0. The van der Waals surface area contributed by atoms with Crippen LogP contribution in [0.1, 0.15) is 13.8 Å². The molecule has 0 fully saturated rings. The molecule has 0 bridgehead atoms. The zero-order chi connectivity index (χ0) is 13.5. The number of nitrogens with zero attached hydrogens (tertiary/aromatic N) is 3. The van der Waals surface area contributed by atoms with E-state index in [-0.39, 0.29) is 11.4 Å². The molecule has 1 aromatic heterocycles. The number of carbonyl (C=O) groups is 1. The van der Waals surface area contributed by atoms with Crippen molar-refractivity contribution in [2.75, 3.05) is 25.4 Å². The zero-order valence-corrected chi connectivity index (χ0v) is 11.4. The van der Waals surface area contributed by atoms with Crippen molar-refractivity contribution in [3.05, 3.63) is 10.5 Å². The van der Waals surface area contributed by atoms with Gasteiger partial charge in [-0.2, -0.15) is 0 Å². The molecule has 18 heavy (non-hydrogen) atoms. The van der Waals surface area contributed by atoms with Gasteiger partial charge in [-0.05, 0) is 13.1 Å². The highest BCUT2D eigenvalue weighted by Crippen LogP contribution is 2.12. The van der Waals surface area contributed by atoms with Gasteiger partial charge in [0.25, 0.3) is 0 Å². The molecule has 0 aliphatic carbocycles. The van der Waals surface area contributed by atoms with Crippen LogP contribution in [-0.4, -0.2) is 56.1 Å². The average molecular weight is 274 g/mol. The van der Waals surface area contributed by atoms with E-state index in [4.69, 9.17) is 5.11 Å². The first kappa shape index (κ1) is 14.8. The van der Waals surface area contributed by atoms with Gasteiger partial charge in [0, 0.05) is 13.1 Å². The highest BCUT2D eigenvalue weighted by atomic mass is 32.2. The summed E-state index contributed by atoms with van der Waals surface area (Å²) < 4.78 is 1.48. The Morgan fingerprint density at radius 1 is 1.50 bits per heavy atom. The lowest BCUT2D eigenvalue weighted by Gasteiger charge is -2.17. The number of aromatic amines is 1. The molecule has 0 radical (unpaired) electrons. The molecule has 0 aliphatic rings. The van der Waals surface area contributed by atoms with E-state index in [1.54, 1.807) is 0 Å². The van der Waals surface area contributed by atoms with Gasteiger partial charge in [0.1, 0.15) is 0 Å². The number of thioether (sulfide) groups is 1. The highest BCUT2D eigenvalue weighted by molar-refractivity contribution is 7.99. The van der Waals surface area contributed by atoms with Gasteiger partial charge in [-0.15, -0.1) is 5.10 Å². The monoisotopic (exact) mass is 274 g/mol. The average Bonchev–Trinajstić information content (AvgIpc) is 2.69. The fraction of sp³-hybridized carbons (Fsp3) is 0.700. The van der Waals surface area contributed by atoms with E-state index in [9.17, 15) is 9.59 Å². The third-order valence-corrected chi connectivity index (χ3v) is 3.54. The maximum atomic E-state index is 11.5. The standard InChI is InChI=1S/C10H18N4O3S/c1-3-13(4-2)5-6-14-9(17)11-12-10(14)18-7-8(15)16/h3-7H2,1-2H3,(H,11,17)(H,15,16). The summed E-state index contributed by atoms with van der Waals surface area (Å²) in [6, 6.07) is 0. The first-order chi connectivity index (χ1) is 8.58. The number of carboxylic acids is 1. The van der Waals surface area contributed by atoms with Crippen LogP contribution >= 0.6 is 11.8 Å². The van der Waals surface area contributed by atoms with Crippen molar-refractivity contribution in [2.24, 2.45) is 0 Å². The summed E-state index contributed by atoms with van der Waals surface area (Å²) in [5.41, 5.74) is -0.296. The van der Waals surface area contributed by atoms with Gasteiger partial charge in [-0.1, -0.05) is 25.6 Å². The molecule has 8 heteroatoms. The smallest absolute Gasteiger partial charge is 0.344 e. The second-order valence-corrected chi connectivity index (χ2v) is 4.61. The first-order valence-electron chi connectivity index (χ1n) is 5.80. The lowest BCUT2D eigenvalue weighted by molar-refractivity contribution is -0.133. The molecule has 1 heterocycles. The Balaban J connectivity index is 2.66. The Kier molecular flexibility index (Phi) is 5.93. The van der Waals surface area contributed by atoms with Gasteiger partial charge >= 0.3 is 11.7 Å². The number of H-pyrrole nitrogens is 1. The van der Waals surface area contributed by atoms with E-state index in [1.165, 1.54) is 4.57 Å². The topological polar surface area (TPSA) is 91.2 Å². The zero-order valence-electron chi connectivity index (χ0n) is 10.5. The van der Waals surface area contributed by atoms with E-state index in [0.717, 1.165) is 31.4 Å². The minimum Gasteiger partial charge on any atom is -0.481 e. The molecule has 0 saturated heterocycles. The molecule has 1 rings (SSSR count). The van der Waals surface area contributed by atoms with Crippen LogP contribution in [0.15, 0.2) is 9.95 Å². The Morgan fingerprint density at radius 2 is 2.17 bits per heavy atom. The fourth-order valence-electron chi connectivity index (χ4n) is 1.52. The van der Waals surface area contributed by atoms with Crippen molar-refractivity contribution in [1.29, 1.82) is 0 Å². The minimum atomic E-state index is -0.925. The fourth-order valence-corrected chi connectivity index (χ4v) is 2.21. The molecule has 0 aliphatic heterocycles. The number of nitrogens with one attached hydrogen (secondary N) is 1. The van der Waals surface area contributed by atoms with Gasteiger partial charge in [0.05, 0.1) is 5.75 Å². The van der Waals surface area contributed by atoms with Crippen LogP contribution in [0.2, 0.25) is 0 Å². The number of likely N-dealkylation sites (N-methyl/N-ethyl adjacent to an activating group) is 1. The Morgan fingerprint density at radius 3 is 2.72 bits per heavy atom. The predicted octanol–water partition coefficient (Wildman–Crippen LogP) is 0.0899. The lowest BCUT2D eigenvalue weighted by Crippen LogP contribution is -2.30. The van der Waals surface area contributed by atoms with E-state index >= 15 is 0 Å². The van der Waals surface area contributed by atoms with Crippen molar-refractivity contribution in [2.45, 2.75) is 25.5 Å². The summed E-state index contributed by atoms with van der Waals surface area (Å²) in [5.74, 6) is -1.03. The molecule has 0 aromatic carbocycles. The molecule has 0 atom stereocenters. The molecular weight excluding hydrogens is 256 g/mol. The summed E-state index contributed by atoms with van der Waals surface area (Å²) in [5, 5.41) is 15.2. The molecule has 102 valence electrons. The third kappa shape index (κ3) is 4.19. The van der Waals surface area contributed by atoms with Gasteiger partial charge in [0.2, 0.25) is 0 Å². The molecular formula is C10H18N4O3S. The van der Waals surface area contributed by atoms with Crippen molar-refractivity contribution in [3.8, 4) is 0 Å². The molecule has 0 saturated carbocycles. The van der Waals surface area contributed by atoms with E-state index in [0.29, 0.717) is 11.7 Å². The summed E-state index contributed by atoms with van der Waals surface area (Å²) in [4.78, 5) is 24.2. The summed E-state index contributed by atoms with van der Waals surface area (Å²) in [7, 11) is 0. The van der Waals surface area contributed by atoms with E-state index in [1.807, 2.05) is 0 Å². The Labute approximate surface area is 109 Å². The quantitative estimate of drug-likeness (QED) is 0.653. The van der Waals surface area contributed by atoms with Crippen molar-refractivity contribution >= 4 is 17.7 Å². The predicted molar refractivity (Wildman–Crippen MR) is 69.0 cm³/mol. The van der Waals surface area contributed by atoms with Crippen LogP contribution < -0.4 is 5.69 Å². The van der Waals surface area contributed by atoms with Crippen LogP contribution in [0.25, 0.3) is 0 Å². The number of aliphatic carboxylic acids is 1. The van der Waals surface area contributed by atoms with Crippen LogP contribution in [0, 0.1) is 0 Å². The number of hydrogen-bond donors (Lipinski definition) is 2. The van der Waals surface area contributed by atoms with E-state index < -0.39 is 5.97 Å². The normalized spacial score (nSPS) is 11.1. The second-order valence-electron chi connectivity index (χ2n) is 3.67. The van der Waals surface area contributed by atoms with Crippen molar-refractivity contribution < 1.29 is 9.90 Å². The van der Waals surface area contributed by atoms with Crippen molar-refractivity contribution in [1.82, 2.24) is 19.7 Å². The van der Waals surface area contributed by atoms with E-state index in [2.05, 4.69) is 28.9 Å². The van der Waals surface area contributed by atoms with Crippen LogP contribution in [-0.2, 0) is 11.3 Å². The number of rotatable bonds is 8. The molecule has 0 spiro atoms. The lowest BCUT2D eigenvalue weighted by atomic mass is 10.4. The Bertz CT molecular complexity index is 439. The summed E-state index contributed by atoms with van der Waals surface area (Å²) >= 11 is 1.05. The maximum absolute atomic E-state index is 11.5. The molecule has 0 unspecified atom stereocenters. The molecule has 1 aromatic rings. The minimum absolute atomic E-state index is 0.102. The highest BCUT2D eigenvalue weighted by Gasteiger charge is 2.11. The van der Waals surface area contributed by atoms with Crippen LogP contribution in [0.5, 0.6) is 0 Å². The third-order valence-electron chi connectivity index (χ3n) is 2.58. The second kappa shape index (κ2) is 7.22. The molecule has 2 N–H and O–H groups in total. The maximum Gasteiger partial charge on any atom is 0.344 e. The largest absolute Gasteiger partial charge is 0.481 e. The van der Waals surface area contributed by atoms with Gasteiger partial charge in [-0.3, -0.25) is 9.36 Å². The van der Waals surface area contributed by atoms with Crippen LogP contribution in [0.3, 0.4) is 0 Å². The van der Waals surface area contributed by atoms with Gasteiger partial charge < -0.3 is 10.0 Å².